The van der Waals surface area contributed by atoms with Crippen LogP contribution in [0, 0.1) is 0 Å². The van der Waals surface area contributed by atoms with Gasteiger partial charge in [-0.15, -0.1) is 0 Å². The number of hydrogen-bond donors (Lipinski definition) is 1. The van der Waals surface area contributed by atoms with Crippen LogP contribution in [0.25, 0.3) is 0 Å². The Morgan fingerprint density at radius 2 is 2.00 bits per heavy atom. The molecule has 0 saturated heterocycles. The second kappa shape index (κ2) is 6.25. The highest BCUT2D eigenvalue weighted by molar-refractivity contribution is 7.90. The summed E-state index contributed by atoms with van der Waals surface area (Å²) in [5.74, 6) is 0. The molecule has 0 bridgehead atoms. The third kappa shape index (κ3) is 4.72. The van der Waals surface area contributed by atoms with Crippen LogP contribution in [0.4, 0.5) is 11.4 Å². The number of hydrogen-bond acceptors (Lipinski definition) is 5. The minimum atomic E-state index is -3.22. The van der Waals surface area contributed by atoms with Crippen molar-refractivity contribution >= 4 is 21.2 Å². The Morgan fingerprint density at radius 1 is 1.37 bits per heavy atom. The van der Waals surface area contributed by atoms with Gasteiger partial charge in [0.1, 0.15) is 0 Å². The third-order valence-electron chi connectivity index (χ3n) is 2.72. The number of ether oxygens (including phenoxy) is 1. The van der Waals surface area contributed by atoms with E-state index in [9.17, 15) is 8.42 Å². The summed E-state index contributed by atoms with van der Waals surface area (Å²) in [5.41, 5.74) is 7.16. The summed E-state index contributed by atoms with van der Waals surface area (Å²) in [6.45, 7) is 5.26. The summed E-state index contributed by atoms with van der Waals surface area (Å²) in [6.07, 6.45) is 1.36. The Balaban J connectivity index is 2.79. The van der Waals surface area contributed by atoms with E-state index in [1.165, 1.54) is 12.3 Å². The van der Waals surface area contributed by atoms with Gasteiger partial charge in [-0.2, -0.15) is 0 Å². The van der Waals surface area contributed by atoms with Gasteiger partial charge >= 0.3 is 0 Å². The first-order valence-corrected chi connectivity index (χ1v) is 8.03. The largest absolute Gasteiger partial charge is 0.397 e. The lowest BCUT2D eigenvalue weighted by molar-refractivity contribution is 0.0846. The first-order valence-electron chi connectivity index (χ1n) is 6.14. The van der Waals surface area contributed by atoms with Crippen LogP contribution in [0.3, 0.4) is 0 Å². The number of benzene rings is 1. The molecule has 0 amide bonds. The molecule has 1 aromatic rings. The van der Waals surface area contributed by atoms with Gasteiger partial charge in [-0.3, -0.25) is 0 Å². The summed E-state index contributed by atoms with van der Waals surface area (Å²) in [7, 11) is -1.32. The van der Waals surface area contributed by atoms with E-state index in [1.807, 2.05) is 25.8 Å². The highest BCUT2D eigenvalue weighted by Gasteiger charge is 2.11. The summed E-state index contributed by atoms with van der Waals surface area (Å²) in [6, 6.07) is 4.78. The van der Waals surface area contributed by atoms with E-state index in [2.05, 4.69) is 0 Å². The molecule has 0 saturated carbocycles. The molecule has 1 rings (SSSR count). The van der Waals surface area contributed by atoms with Crippen molar-refractivity contribution in [3.8, 4) is 0 Å². The van der Waals surface area contributed by atoms with Gasteiger partial charge in [-0.05, 0) is 32.0 Å². The molecule has 1 aromatic carbocycles. The van der Waals surface area contributed by atoms with Gasteiger partial charge in [-0.1, -0.05) is 0 Å². The molecule has 0 aromatic heterocycles. The number of sulfone groups is 1. The van der Waals surface area contributed by atoms with E-state index < -0.39 is 9.84 Å². The lowest BCUT2D eigenvalue weighted by atomic mass is 10.2. The van der Waals surface area contributed by atoms with Gasteiger partial charge in [0.15, 0.2) is 9.84 Å². The normalized spacial score (nSPS) is 11.8. The fourth-order valence-electron chi connectivity index (χ4n) is 1.66. The van der Waals surface area contributed by atoms with Crippen molar-refractivity contribution in [1.29, 1.82) is 0 Å². The molecule has 6 heteroatoms. The van der Waals surface area contributed by atoms with Crippen LogP contribution in [0.2, 0.25) is 0 Å². The maximum atomic E-state index is 11.4. The lowest BCUT2D eigenvalue weighted by Crippen LogP contribution is -2.24. The quantitative estimate of drug-likeness (QED) is 0.803. The second-order valence-electron chi connectivity index (χ2n) is 4.83. The average Bonchev–Trinajstić information content (AvgIpc) is 2.26. The topological polar surface area (TPSA) is 72.6 Å². The van der Waals surface area contributed by atoms with E-state index in [-0.39, 0.29) is 11.0 Å². The van der Waals surface area contributed by atoms with Crippen molar-refractivity contribution in [1.82, 2.24) is 0 Å². The van der Waals surface area contributed by atoms with Crippen LogP contribution in [-0.2, 0) is 14.6 Å². The fraction of sp³-hybridized carbons (Fsp3) is 0.538. The van der Waals surface area contributed by atoms with Crippen LogP contribution in [0.5, 0.6) is 0 Å². The van der Waals surface area contributed by atoms with Crippen LogP contribution < -0.4 is 10.6 Å². The number of anilines is 2. The Bertz CT molecular complexity index is 527. The Labute approximate surface area is 115 Å². The Morgan fingerprint density at radius 3 is 2.47 bits per heavy atom. The zero-order valence-electron chi connectivity index (χ0n) is 11.9. The maximum absolute atomic E-state index is 11.4. The Hall–Kier alpha value is -1.27. The highest BCUT2D eigenvalue weighted by Crippen LogP contribution is 2.25. The average molecular weight is 286 g/mol. The Kier molecular flexibility index (Phi) is 5.20. The molecule has 0 aliphatic rings. The standard InChI is InChI=1S/C13H22N2O3S/c1-10(2)18-8-7-15(3)13-6-5-11(9-12(13)14)19(4,16)17/h5-6,9-10H,7-8,14H2,1-4H3. The maximum Gasteiger partial charge on any atom is 0.175 e. The fourth-order valence-corrected chi connectivity index (χ4v) is 2.31. The van der Waals surface area contributed by atoms with Crippen molar-refractivity contribution < 1.29 is 13.2 Å². The molecule has 0 fully saturated rings. The van der Waals surface area contributed by atoms with Crippen molar-refractivity contribution in [3.05, 3.63) is 18.2 Å². The first kappa shape index (κ1) is 15.8. The summed E-state index contributed by atoms with van der Waals surface area (Å²) in [4.78, 5) is 2.18. The molecule has 0 heterocycles. The van der Waals surface area contributed by atoms with E-state index in [1.54, 1.807) is 12.1 Å². The molecular formula is C13H22N2O3S. The van der Waals surface area contributed by atoms with Crippen molar-refractivity contribution in [2.75, 3.05) is 37.1 Å². The SMILES string of the molecule is CC(C)OCCN(C)c1ccc(S(C)(=O)=O)cc1N. The number of likely N-dealkylation sites (N-methyl/N-ethyl adjacent to an activating group) is 1. The molecule has 0 spiro atoms. The van der Waals surface area contributed by atoms with E-state index in [0.29, 0.717) is 18.8 Å². The van der Waals surface area contributed by atoms with E-state index in [4.69, 9.17) is 10.5 Å². The summed E-state index contributed by atoms with van der Waals surface area (Å²) >= 11 is 0. The van der Waals surface area contributed by atoms with E-state index >= 15 is 0 Å². The molecule has 2 N–H and O–H groups in total. The van der Waals surface area contributed by atoms with Crippen molar-refractivity contribution in [2.45, 2.75) is 24.8 Å². The molecule has 0 aliphatic carbocycles. The third-order valence-corrected chi connectivity index (χ3v) is 3.83. The van der Waals surface area contributed by atoms with Crippen LogP contribution in [0.1, 0.15) is 13.8 Å². The van der Waals surface area contributed by atoms with Gasteiger partial charge in [0, 0.05) is 19.8 Å². The van der Waals surface area contributed by atoms with E-state index in [0.717, 1.165) is 5.69 Å². The van der Waals surface area contributed by atoms with Crippen molar-refractivity contribution in [3.63, 3.8) is 0 Å². The van der Waals surface area contributed by atoms with Crippen molar-refractivity contribution in [2.24, 2.45) is 0 Å². The number of nitrogens with zero attached hydrogens (tertiary/aromatic N) is 1. The number of rotatable bonds is 6. The summed E-state index contributed by atoms with van der Waals surface area (Å²) < 4.78 is 28.3. The smallest absolute Gasteiger partial charge is 0.175 e. The minimum Gasteiger partial charge on any atom is -0.397 e. The van der Waals surface area contributed by atoms with Gasteiger partial charge in [0.2, 0.25) is 0 Å². The highest BCUT2D eigenvalue weighted by atomic mass is 32.2. The lowest BCUT2D eigenvalue weighted by Gasteiger charge is -2.22. The van der Waals surface area contributed by atoms with Gasteiger partial charge in [0.05, 0.1) is 29.0 Å². The molecule has 0 radical (unpaired) electrons. The van der Waals surface area contributed by atoms with Gasteiger partial charge < -0.3 is 15.4 Å². The predicted octanol–water partition coefficient (Wildman–Crippen LogP) is 1.53. The predicted molar refractivity (Wildman–Crippen MR) is 78.3 cm³/mol. The van der Waals surface area contributed by atoms with Gasteiger partial charge in [-0.25, -0.2) is 8.42 Å². The first-order chi connectivity index (χ1) is 8.71. The molecular weight excluding hydrogens is 264 g/mol. The van der Waals surface area contributed by atoms with Crippen LogP contribution in [0.15, 0.2) is 23.1 Å². The second-order valence-corrected chi connectivity index (χ2v) is 6.85. The molecule has 5 nitrogen and oxygen atoms in total. The molecule has 19 heavy (non-hydrogen) atoms. The monoisotopic (exact) mass is 286 g/mol. The molecule has 108 valence electrons. The summed E-state index contributed by atoms with van der Waals surface area (Å²) in [5, 5.41) is 0. The zero-order chi connectivity index (χ0) is 14.6. The molecule has 0 aliphatic heterocycles. The van der Waals surface area contributed by atoms with Crippen LogP contribution in [-0.4, -0.2) is 41.0 Å². The minimum absolute atomic E-state index is 0.193. The zero-order valence-corrected chi connectivity index (χ0v) is 12.7. The van der Waals surface area contributed by atoms with Crippen LogP contribution >= 0.6 is 0 Å². The number of nitrogen functional groups attached to an aromatic ring is 1. The number of nitrogens with two attached hydrogens (primary N) is 1. The molecule has 0 unspecified atom stereocenters. The van der Waals surface area contributed by atoms with Gasteiger partial charge in [0.25, 0.3) is 0 Å². The molecule has 0 atom stereocenters.